The van der Waals surface area contributed by atoms with Crippen LogP contribution in [0.15, 0.2) is 12.4 Å². The minimum atomic E-state index is 0.352. The average molecular weight is 290 g/mol. The maximum absolute atomic E-state index is 4.43. The van der Waals surface area contributed by atoms with Gasteiger partial charge in [0.2, 0.25) is 0 Å². The summed E-state index contributed by atoms with van der Waals surface area (Å²) in [6.45, 7) is 3.12. The predicted molar refractivity (Wildman–Crippen MR) is 82.2 cm³/mol. The highest BCUT2D eigenvalue weighted by atomic mass is 32.1. The molecule has 2 aromatic rings. The zero-order valence-electron chi connectivity index (χ0n) is 12.2. The van der Waals surface area contributed by atoms with Crippen LogP contribution >= 0.6 is 11.3 Å². The van der Waals surface area contributed by atoms with Gasteiger partial charge in [0.1, 0.15) is 12.2 Å². The number of nitrogens with one attached hydrogen (secondary N) is 1. The highest BCUT2D eigenvalue weighted by molar-refractivity contribution is 7.12. The molecular formula is C15H22N4S. The standard InChI is InChI=1S/C15H22N4S/c1-3-7-19-15(17-10-18-19)9-12(16-2)14-8-11-5-4-6-13(11)20-14/h8,10,12,16H,3-7,9H2,1-2H3. The van der Waals surface area contributed by atoms with Crippen LogP contribution in [-0.4, -0.2) is 21.8 Å². The van der Waals surface area contributed by atoms with E-state index in [1.54, 1.807) is 16.8 Å². The van der Waals surface area contributed by atoms with Gasteiger partial charge in [-0.25, -0.2) is 4.98 Å². The SMILES string of the molecule is CCCn1ncnc1CC(NC)c1cc2c(s1)CCC2. The molecule has 3 rings (SSSR count). The summed E-state index contributed by atoms with van der Waals surface area (Å²) in [7, 11) is 2.04. The lowest BCUT2D eigenvalue weighted by Gasteiger charge is -2.14. The molecule has 0 amide bonds. The Kier molecular flexibility index (Phi) is 4.17. The minimum absolute atomic E-state index is 0.352. The second kappa shape index (κ2) is 6.06. The smallest absolute Gasteiger partial charge is 0.138 e. The van der Waals surface area contributed by atoms with E-state index in [2.05, 4.69) is 28.4 Å². The molecule has 20 heavy (non-hydrogen) atoms. The van der Waals surface area contributed by atoms with Crippen LogP contribution in [-0.2, 0) is 25.8 Å². The Balaban J connectivity index is 1.77. The molecule has 5 heteroatoms. The normalized spacial score (nSPS) is 15.5. The maximum Gasteiger partial charge on any atom is 0.138 e. The largest absolute Gasteiger partial charge is 0.312 e. The number of hydrogen-bond donors (Lipinski definition) is 1. The quantitative estimate of drug-likeness (QED) is 0.889. The van der Waals surface area contributed by atoms with Gasteiger partial charge in [0, 0.05) is 28.8 Å². The fourth-order valence-electron chi connectivity index (χ4n) is 2.90. The summed E-state index contributed by atoms with van der Waals surface area (Å²) >= 11 is 1.98. The highest BCUT2D eigenvalue weighted by Gasteiger charge is 2.21. The van der Waals surface area contributed by atoms with E-state index in [4.69, 9.17) is 0 Å². The van der Waals surface area contributed by atoms with Crippen molar-refractivity contribution in [2.24, 2.45) is 0 Å². The molecule has 0 bridgehead atoms. The molecular weight excluding hydrogens is 268 g/mol. The monoisotopic (exact) mass is 290 g/mol. The summed E-state index contributed by atoms with van der Waals surface area (Å²) in [5.41, 5.74) is 1.57. The summed E-state index contributed by atoms with van der Waals surface area (Å²) < 4.78 is 2.03. The fourth-order valence-corrected chi connectivity index (χ4v) is 4.26. The van der Waals surface area contributed by atoms with E-state index in [9.17, 15) is 0 Å². The van der Waals surface area contributed by atoms with Crippen molar-refractivity contribution in [2.45, 2.75) is 51.6 Å². The summed E-state index contributed by atoms with van der Waals surface area (Å²) in [5, 5.41) is 7.76. The maximum atomic E-state index is 4.43. The van der Waals surface area contributed by atoms with Crippen LogP contribution < -0.4 is 5.32 Å². The zero-order valence-corrected chi connectivity index (χ0v) is 13.0. The molecule has 1 unspecified atom stereocenters. The molecule has 2 heterocycles. The van der Waals surface area contributed by atoms with Gasteiger partial charge in [-0.3, -0.25) is 4.68 Å². The number of rotatable bonds is 6. The number of thiophene rings is 1. The number of fused-ring (bicyclic) bond motifs is 1. The van der Waals surface area contributed by atoms with Gasteiger partial charge in [0.05, 0.1) is 0 Å². The summed E-state index contributed by atoms with van der Waals surface area (Å²) in [5.74, 6) is 1.08. The Labute approximate surface area is 124 Å². The van der Waals surface area contributed by atoms with Gasteiger partial charge < -0.3 is 5.32 Å². The molecule has 4 nitrogen and oxygen atoms in total. The third kappa shape index (κ3) is 2.65. The molecule has 1 aliphatic carbocycles. The van der Waals surface area contributed by atoms with Crippen LogP contribution in [0.25, 0.3) is 0 Å². The molecule has 1 atom stereocenters. The number of nitrogens with zero attached hydrogens (tertiary/aromatic N) is 3. The molecule has 0 saturated heterocycles. The predicted octanol–water partition coefficient (Wildman–Crippen LogP) is 2.74. The van der Waals surface area contributed by atoms with Crippen molar-refractivity contribution in [3.63, 3.8) is 0 Å². The Morgan fingerprint density at radius 2 is 2.35 bits per heavy atom. The molecule has 0 saturated carbocycles. The van der Waals surface area contributed by atoms with E-state index in [1.807, 2.05) is 23.1 Å². The topological polar surface area (TPSA) is 42.7 Å². The summed E-state index contributed by atoms with van der Waals surface area (Å²) in [6.07, 6.45) is 7.53. The van der Waals surface area contributed by atoms with Crippen molar-refractivity contribution < 1.29 is 0 Å². The van der Waals surface area contributed by atoms with Gasteiger partial charge in [-0.05, 0) is 44.4 Å². The van der Waals surface area contributed by atoms with Crippen LogP contribution in [0, 0.1) is 0 Å². The van der Waals surface area contributed by atoms with Crippen LogP contribution in [0.2, 0.25) is 0 Å². The van der Waals surface area contributed by atoms with Crippen molar-refractivity contribution >= 4 is 11.3 Å². The number of hydrogen-bond acceptors (Lipinski definition) is 4. The van der Waals surface area contributed by atoms with E-state index in [0.717, 1.165) is 25.2 Å². The number of likely N-dealkylation sites (N-methyl/N-ethyl adjacent to an activating group) is 1. The van der Waals surface area contributed by atoms with Gasteiger partial charge in [0.15, 0.2) is 0 Å². The second-order valence-corrected chi connectivity index (χ2v) is 6.56. The third-order valence-electron chi connectivity index (χ3n) is 3.98. The van der Waals surface area contributed by atoms with E-state index < -0.39 is 0 Å². The first kappa shape index (κ1) is 13.8. The molecule has 0 radical (unpaired) electrons. The van der Waals surface area contributed by atoms with E-state index in [0.29, 0.717) is 6.04 Å². The Morgan fingerprint density at radius 3 is 3.10 bits per heavy atom. The van der Waals surface area contributed by atoms with Crippen molar-refractivity contribution in [2.75, 3.05) is 7.05 Å². The van der Waals surface area contributed by atoms with Crippen LogP contribution in [0.4, 0.5) is 0 Å². The summed E-state index contributed by atoms with van der Waals surface area (Å²) in [6, 6.07) is 2.75. The van der Waals surface area contributed by atoms with Crippen LogP contribution in [0.1, 0.15) is 46.9 Å². The Bertz CT molecular complexity index is 551. The minimum Gasteiger partial charge on any atom is -0.312 e. The van der Waals surface area contributed by atoms with Gasteiger partial charge in [0.25, 0.3) is 0 Å². The van der Waals surface area contributed by atoms with Gasteiger partial charge >= 0.3 is 0 Å². The van der Waals surface area contributed by atoms with E-state index in [-0.39, 0.29) is 0 Å². The molecule has 2 aromatic heterocycles. The summed E-state index contributed by atoms with van der Waals surface area (Å²) in [4.78, 5) is 7.47. The molecule has 0 spiro atoms. The van der Waals surface area contributed by atoms with Crippen molar-refractivity contribution in [1.82, 2.24) is 20.1 Å². The Hall–Kier alpha value is -1.20. The van der Waals surface area contributed by atoms with Crippen molar-refractivity contribution in [1.29, 1.82) is 0 Å². The van der Waals surface area contributed by atoms with Gasteiger partial charge in [-0.2, -0.15) is 5.10 Å². The fraction of sp³-hybridized carbons (Fsp3) is 0.600. The van der Waals surface area contributed by atoms with Gasteiger partial charge in [-0.15, -0.1) is 11.3 Å². The first-order valence-electron chi connectivity index (χ1n) is 7.47. The molecule has 0 fully saturated rings. The molecule has 0 aliphatic heterocycles. The molecule has 0 aromatic carbocycles. The van der Waals surface area contributed by atoms with Crippen molar-refractivity contribution in [3.8, 4) is 0 Å². The van der Waals surface area contributed by atoms with E-state index in [1.165, 1.54) is 24.1 Å². The van der Waals surface area contributed by atoms with Crippen LogP contribution in [0.3, 0.4) is 0 Å². The molecule has 108 valence electrons. The third-order valence-corrected chi connectivity index (χ3v) is 5.33. The highest BCUT2D eigenvalue weighted by Crippen LogP contribution is 2.34. The van der Waals surface area contributed by atoms with Crippen molar-refractivity contribution in [3.05, 3.63) is 33.5 Å². The van der Waals surface area contributed by atoms with Gasteiger partial charge in [-0.1, -0.05) is 6.92 Å². The second-order valence-electron chi connectivity index (χ2n) is 5.40. The first-order valence-corrected chi connectivity index (χ1v) is 8.29. The lowest BCUT2D eigenvalue weighted by atomic mass is 10.1. The van der Waals surface area contributed by atoms with E-state index >= 15 is 0 Å². The zero-order chi connectivity index (χ0) is 13.9. The lowest BCUT2D eigenvalue weighted by molar-refractivity contribution is 0.521. The number of aromatic nitrogens is 3. The Morgan fingerprint density at radius 1 is 1.45 bits per heavy atom. The van der Waals surface area contributed by atoms with Crippen LogP contribution in [0.5, 0.6) is 0 Å². The first-order chi connectivity index (χ1) is 9.81. The molecule has 1 N–H and O–H groups in total. The number of aryl methyl sites for hydroxylation is 3. The lowest BCUT2D eigenvalue weighted by Crippen LogP contribution is -2.20. The average Bonchev–Trinajstić information content (AvgIpc) is 3.11. The molecule has 1 aliphatic rings.